The summed E-state index contributed by atoms with van der Waals surface area (Å²) in [5.41, 5.74) is -5.14. The number of benzene rings is 1. The van der Waals surface area contributed by atoms with Crippen LogP contribution in [0.3, 0.4) is 0 Å². The van der Waals surface area contributed by atoms with Gasteiger partial charge in [-0.15, -0.1) is 0 Å². The van der Waals surface area contributed by atoms with E-state index in [1.54, 1.807) is 0 Å². The number of halogens is 7. The summed E-state index contributed by atoms with van der Waals surface area (Å²) >= 11 is 0. The number of allylic oxidation sites excluding steroid dienone is 4. The zero-order chi connectivity index (χ0) is 16.8. The highest BCUT2D eigenvalue weighted by Gasteiger charge is 2.42. The molecule has 2 rings (SSSR count). The minimum Gasteiger partial charge on any atom is -0.236 e. The molecule has 1 aromatic carbocycles. The van der Waals surface area contributed by atoms with Crippen LogP contribution in [0, 0.1) is 24.4 Å². The summed E-state index contributed by atoms with van der Waals surface area (Å²) in [5, 5.41) is 0. The minimum atomic E-state index is -2.90. The molecule has 0 aromatic heterocycles. The maximum Gasteiger partial charge on any atom is 0.203 e. The molecule has 22 heavy (non-hydrogen) atoms. The molecule has 0 heterocycles. The zero-order valence-electron chi connectivity index (χ0n) is 11.5. The molecule has 1 aliphatic rings. The second kappa shape index (κ2) is 5.48. The monoisotopic (exact) mass is 321 g/mol. The average molecular weight is 321 g/mol. The van der Waals surface area contributed by atoms with E-state index in [-0.39, 0.29) is 12.1 Å². The van der Waals surface area contributed by atoms with Crippen molar-refractivity contribution in [2.75, 3.05) is 0 Å². The van der Waals surface area contributed by atoms with Crippen LogP contribution >= 0.6 is 0 Å². The predicted molar refractivity (Wildman–Crippen MR) is 68.2 cm³/mol. The SMILES string of the molecule is Cc1c(F)c(F)cc(F)c1[B]C1=C(F)C(F)C(C)(F)C=C1F. The molecule has 0 aliphatic heterocycles. The van der Waals surface area contributed by atoms with Gasteiger partial charge in [0, 0.05) is 6.07 Å². The Hall–Kier alpha value is -1.73. The fraction of sp³-hybridized carbons (Fsp3) is 0.286. The van der Waals surface area contributed by atoms with Gasteiger partial charge in [0.05, 0.1) is 0 Å². The number of hydrogen-bond acceptors (Lipinski definition) is 0. The molecule has 8 heteroatoms. The van der Waals surface area contributed by atoms with Gasteiger partial charge >= 0.3 is 0 Å². The van der Waals surface area contributed by atoms with Crippen molar-refractivity contribution in [1.82, 2.24) is 0 Å². The highest BCUT2D eigenvalue weighted by atomic mass is 19.2. The first kappa shape index (κ1) is 16.6. The summed E-state index contributed by atoms with van der Waals surface area (Å²) < 4.78 is 94.7. The summed E-state index contributed by atoms with van der Waals surface area (Å²) in [6.45, 7) is 1.62. The Morgan fingerprint density at radius 1 is 1.09 bits per heavy atom. The maximum atomic E-state index is 13.8. The normalized spacial score (nSPS) is 25.3. The smallest absolute Gasteiger partial charge is 0.203 e. The Labute approximate surface area is 122 Å². The lowest BCUT2D eigenvalue weighted by Gasteiger charge is -2.26. The molecule has 117 valence electrons. The molecule has 0 saturated heterocycles. The first-order valence-corrected chi connectivity index (χ1v) is 6.16. The van der Waals surface area contributed by atoms with Crippen LogP contribution in [0.2, 0.25) is 0 Å². The summed E-state index contributed by atoms with van der Waals surface area (Å²) in [5.74, 6) is -7.40. The second-order valence-electron chi connectivity index (χ2n) is 5.10. The Balaban J connectivity index is 2.50. The Morgan fingerprint density at radius 2 is 1.68 bits per heavy atom. The van der Waals surface area contributed by atoms with E-state index < -0.39 is 57.4 Å². The zero-order valence-corrected chi connectivity index (χ0v) is 11.5. The van der Waals surface area contributed by atoms with E-state index in [0.29, 0.717) is 14.2 Å². The molecule has 0 saturated carbocycles. The fourth-order valence-corrected chi connectivity index (χ4v) is 2.09. The number of rotatable bonds is 2. The second-order valence-corrected chi connectivity index (χ2v) is 5.10. The van der Waals surface area contributed by atoms with Crippen LogP contribution in [0.15, 0.2) is 29.3 Å². The molecule has 0 fully saturated rings. The fourth-order valence-electron chi connectivity index (χ4n) is 2.09. The van der Waals surface area contributed by atoms with Gasteiger partial charge < -0.3 is 0 Å². The molecular weight excluding hydrogens is 312 g/mol. The summed E-state index contributed by atoms with van der Waals surface area (Å²) in [6, 6.07) is 0.198. The van der Waals surface area contributed by atoms with Crippen molar-refractivity contribution in [1.29, 1.82) is 0 Å². The first-order valence-electron chi connectivity index (χ1n) is 6.16. The largest absolute Gasteiger partial charge is 0.236 e. The van der Waals surface area contributed by atoms with Crippen molar-refractivity contribution in [3.05, 3.63) is 52.3 Å². The predicted octanol–water partition coefficient (Wildman–Crippen LogP) is 3.86. The van der Waals surface area contributed by atoms with Gasteiger partial charge in [-0.25, -0.2) is 30.7 Å². The number of alkyl halides is 2. The van der Waals surface area contributed by atoms with Crippen LogP contribution in [0.25, 0.3) is 0 Å². The third-order valence-electron chi connectivity index (χ3n) is 3.38. The summed E-state index contributed by atoms with van der Waals surface area (Å²) in [4.78, 5) is 0. The van der Waals surface area contributed by atoms with Crippen molar-refractivity contribution in [2.45, 2.75) is 25.7 Å². The third-order valence-corrected chi connectivity index (χ3v) is 3.38. The van der Waals surface area contributed by atoms with Gasteiger partial charge in [-0.1, -0.05) is 0 Å². The molecule has 1 aromatic rings. The van der Waals surface area contributed by atoms with Crippen LogP contribution in [-0.4, -0.2) is 19.1 Å². The van der Waals surface area contributed by atoms with Gasteiger partial charge in [0.1, 0.15) is 17.5 Å². The standard InChI is InChI=1S/C14H9BF7/c1-5-9(6(16)3-7(17)11(5)19)15-10-8(18)4-14(2,22)13(21)12(10)20/h3-4,13H,1-2H3. The van der Waals surface area contributed by atoms with Crippen molar-refractivity contribution < 1.29 is 30.7 Å². The van der Waals surface area contributed by atoms with Gasteiger partial charge in [-0.2, -0.15) is 0 Å². The van der Waals surface area contributed by atoms with E-state index in [2.05, 4.69) is 0 Å². The van der Waals surface area contributed by atoms with E-state index in [4.69, 9.17) is 0 Å². The van der Waals surface area contributed by atoms with E-state index in [1.807, 2.05) is 0 Å². The van der Waals surface area contributed by atoms with Crippen LogP contribution in [-0.2, 0) is 0 Å². The van der Waals surface area contributed by atoms with Crippen LogP contribution in [0.5, 0.6) is 0 Å². The van der Waals surface area contributed by atoms with Gasteiger partial charge in [-0.05, 0) is 36.4 Å². The molecule has 0 bridgehead atoms. The Bertz CT molecular complexity index is 691. The van der Waals surface area contributed by atoms with E-state index >= 15 is 0 Å². The molecule has 2 atom stereocenters. The maximum absolute atomic E-state index is 13.8. The molecular formula is C14H9BF7. The van der Waals surface area contributed by atoms with Crippen molar-refractivity contribution >= 4 is 12.7 Å². The number of hydrogen-bond donors (Lipinski definition) is 0. The summed E-state index contributed by atoms with van der Waals surface area (Å²) in [6.07, 6.45) is -2.58. The summed E-state index contributed by atoms with van der Waals surface area (Å²) in [7, 11) is 0.482. The molecule has 0 spiro atoms. The lowest BCUT2D eigenvalue weighted by molar-refractivity contribution is 0.114. The quantitative estimate of drug-likeness (QED) is 0.441. The van der Waals surface area contributed by atoms with Gasteiger partial charge in [0.25, 0.3) is 0 Å². The average Bonchev–Trinajstić information content (AvgIpc) is 2.41. The van der Waals surface area contributed by atoms with Gasteiger partial charge in [0.15, 0.2) is 23.5 Å². The lowest BCUT2D eigenvalue weighted by atomic mass is 9.59. The molecule has 0 amide bonds. The minimum absolute atomic E-state index is 0.198. The topological polar surface area (TPSA) is 0 Å². The van der Waals surface area contributed by atoms with Gasteiger partial charge in [0.2, 0.25) is 7.28 Å². The van der Waals surface area contributed by atoms with E-state index in [0.717, 1.165) is 6.92 Å². The molecule has 0 nitrogen and oxygen atoms in total. The molecule has 1 radical (unpaired) electrons. The van der Waals surface area contributed by atoms with Crippen LogP contribution < -0.4 is 5.46 Å². The van der Waals surface area contributed by atoms with Crippen LogP contribution in [0.4, 0.5) is 30.7 Å². The molecule has 1 aliphatic carbocycles. The van der Waals surface area contributed by atoms with Gasteiger partial charge in [-0.3, -0.25) is 0 Å². The van der Waals surface area contributed by atoms with E-state index in [1.165, 1.54) is 0 Å². The first-order chi connectivity index (χ1) is 10.1. The Kier molecular flexibility index (Phi) is 4.15. The lowest BCUT2D eigenvalue weighted by Crippen LogP contribution is -2.36. The van der Waals surface area contributed by atoms with Crippen molar-refractivity contribution in [3.8, 4) is 0 Å². The molecule has 2 unspecified atom stereocenters. The highest BCUT2D eigenvalue weighted by molar-refractivity contribution is 6.62. The van der Waals surface area contributed by atoms with Crippen LogP contribution in [0.1, 0.15) is 12.5 Å². The van der Waals surface area contributed by atoms with Crippen molar-refractivity contribution in [3.63, 3.8) is 0 Å². The Morgan fingerprint density at radius 3 is 2.27 bits per heavy atom. The third kappa shape index (κ3) is 2.66. The van der Waals surface area contributed by atoms with Crippen molar-refractivity contribution in [2.24, 2.45) is 0 Å². The molecule has 0 N–H and O–H groups in total. The van der Waals surface area contributed by atoms with E-state index in [9.17, 15) is 30.7 Å². The highest BCUT2D eigenvalue weighted by Crippen LogP contribution is 2.37.